The normalized spacial score (nSPS) is 10.3. The minimum Gasteiger partial charge on any atom is -0.493 e. The molecule has 0 aliphatic heterocycles. The highest BCUT2D eigenvalue weighted by molar-refractivity contribution is 5.76. The van der Waals surface area contributed by atoms with Crippen molar-refractivity contribution in [1.82, 2.24) is 5.16 Å². The van der Waals surface area contributed by atoms with Crippen molar-refractivity contribution in [3.8, 4) is 11.5 Å². The van der Waals surface area contributed by atoms with E-state index in [1.54, 1.807) is 31.4 Å². The van der Waals surface area contributed by atoms with E-state index in [1.165, 1.54) is 7.11 Å². The van der Waals surface area contributed by atoms with E-state index < -0.39 is 0 Å². The SMILES string of the molecule is COCc1cc(COc2ccc(C=O)cc2OC)no1. The number of carbonyl (C=O) groups is 1. The van der Waals surface area contributed by atoms with Crippen molar-refractivity contribution in [3.05, 3.63) is 41.3 Å². The van der Waals surface area contributed by atoms with Gasteiger partial charge in [-0.05, 0) is 18.2 Å². The van der Waals surface area contributed by atoms with Gasteiger partial charge in [0.25, 0.3) is 0 Å². The van der Waals surface area contributed by atoms with Crippen molar-refractivity contribution in [3.63, 3.8) is 0 Å². The molecule has 0 radical (unpaired) electrons. The maximum atomic E-state index is 10.7. The summed E-state index contributed by atoms with van der Waals surface area (Å²) in [6.45, 7) is 0.606. The highest BCUT2D eigenvalue weighted by atomic mass is 16.5. The summed E-state index contributed by atoms with van der Waals surface area (Å²) in [6, 6.07) is 6.71. The van der Waals surface area contributed by atoms with Crippen LogP contribution in [0.3, 0.4) is 0 Å². The number of rotatable bonds is 7. The Bertz CT molecular complexity index is 579. The van der Waals surface area contributed by atoms with Crippen LogP contribution in [0.1, 0.15) is 21.8 Å². The Hall–Kier alpha value is -2.34. The number of hydrogen-bond donors (Lipinski definition) is 0. The lowest BCUT2D eigenvalue weighted by Gasteiger charge is -2.09. The van der Waals surface area contributed by atoms with Gasteiger partial charge in [0.05, 0.1) is 7.11 Å². The second kappa shape index (κ2) is 6.72. The third-order valence-corrected chi connectivity index (χ3v) is 2.59. The molecule has 0 spiro atoms. The number of aldehydes is 1. The molecule has 0 aliphatic carbocycles. The fraction of sp³-hybridized carbons (Fsp3) is 0.286. The molecular formula is C14H15NO5. The van der Waals surface area contributed by atoms with Crippen LogP contribution in [0.2, 0.25) is 0 Å². The Kier molecular flexibility index (Phi) is 4.73. The van der Waals surface area contributed by atoms with Gasteiger partial charge in [-0.15, -0.1) is 0 Å². The summed E-state index contributed by atoms with van der Waals surface area (Å²) in [6.07, 6.45) is 0.751. The molecule has 0 aliphatic rings. The van der Waals surface area contributed by atoms with Crippen LogP contribution in [0.25, 0.3) is 0 Å². The molecule has 106 valence electrons. The molecule has 1 heterocycles. The van der Waals surface area contributed by atoms with Gasteiger partial charge in [-0.25, -0.2) is 0 Å². The zero-order valence-corrected chi connectivity index (χ0v) is 11.3. The third kappa shape index (κ3) is 3.36. The highest BCUT2D eigenvalue weighted by Crippen LogP contribution is 2.28. The van der Waals surface area contributed by atoms with Gasteiger partial charge in [0.15, 0.2) is 17.3 Å². The van der Waals surface area contributed by atoms with Crippen LogP contribution in [-0.4, -0.2) is 25.7 Å². The van der Waals surface area contributed by atoms with Crippen LogP contribution in [-0.2, 0) is 18.0 Å². The van der Waals surface area contributed by atoms with Crippen LogP contribution in [0.5, 0.6) is 11.5 Å². The molecule has 6 heteroatoms. The fourth-order valence-electron chi connectivity index (χ4n) is 1.66. The van der Waals surface area contributed by atoms with Gasteiger partial charge in [-0.1, -0.05) is 5.16 Å². The first-order chi connectivity index (χ1) is 9.76. The number of nitrogens with zero attached hydrogens (tertiary/aromatic N) is 1. The van der Waals surface area contributed by atoms with Crippen LogP contribution >= 0.6 is 0 Å². The predicted molar refractivity (Wildman–Crippen MR) is 69.9 cm³/mol. The Morgan fingerprint density at radius 2 is 2.05 bits per heavy atom. The Balaban J connectivity index is 2.04. The van der Waals surface area contributed by atoms with E-state index in [1.807, 2.05) is 0 Å². The van der Waals surface area contributed by atoms with E-state index in [0.29, 0.717) is 35.1 Å². The molecule has 0 N–H and O–H groups in total. The Morgan fingerprint density at radius 3 is 2.75 bits per heavy atom. The zero-order valence-electron chi connectivity index (χ0n) is 11.3. The second-order valence-corrected chi connectivity index (χ2v) is 4.03. The van der Waals surface area contributed by atoms with Crippen molar-refractivity contribution >= 4 is 6.29 Å². The molecule has 0 bridgehead atoms. The minimum absolute atomic E-state index is 0.240. The molecule has 0 amide bonds. The fourth-order valence-corrected chi connectivity index (χ4v) is 1.66. The van der Waals surface area contributed by atoms with Gasteiger partial charge in [0.1, 0.15) is 25.2 Å². The summed E-state index contributed by atoms with van der Waals surface area (Å²) in [5.41, 5.74) is 1.18. The van der Waals surface area contributed by atoms with E-state index in [0.717, 1.165) is 6.29 Å². The monoisotopic (exact) mass is 277 g/mol. The summed E-state index contributed by atoms with van der Waals surface area (Å²) in [4.78, 5) is 10.7. The smallest absolute Gasteiger partial charge is 0.162 e. The molecule has 0 saturated carbocycles. The van der Waals surface area contributed by atoms with Crippen LogP contribution < -0.4 is 9.47 Å². The van der Waals surface area contributed by atoms with Gasteiger partial charge < -0.3 is 18.7 Å². The average molecular weight is 277 g/mol. The first-order valence-electron chi connectivity index (χ1n) is 5.96. The van der Waals surface area contributed by atoms with E-state index in [4.69, 9.17) is 18.7 Å². The Labute approximate surface area is 116 Å². The summed E-state index contributed by atoms with van der Waals surface area (Å²) >= 11 is 0. The molecule has 1 aromatic carbocycles. The summed E-state index contributed by atoms with van der Waals surface area (Å²) in [5, 5.41) is 3.86. The maximum absolute atomic E-state index is 10.7. The van der Waals surface area contributed by atoms with Crippen LogP contribution in [0, 0.1) is 0 Å². The van der Waals surface area contributed by atoms with Crippen molar-refractivity contribution in [2.24, 2.45) is 0 Å². The minimum atomic E-state index is 0.240. The lowest BCUT2D eigenvalue weighted by molar-refractivity contribution is 0.112. The number of aromatic nitrogens is 1. The van der Waals surface area contributed by atoms with E-state index in [2.05, 4.69) is 5.16 Å². The summed E-state index contributed by atoms with van der Waals surface area (Å²) in [5.74, 6) is 1.67. The first kappa shape index (κ1) is 14.1. The van der Waals surface area contributed by atoms with E-state index in [9.17, 15) is 4.79 Å². The van der Waals surface area contributed by atoms with Gasteiger partial charge >= 0.3 is 0 Å². The van der Waals surface area contributed by atoms with Gasteiger partial charge in [0.2, 0.25) is 0 Å². The highest BCUT2D eigenvalue weighted by Gasteiger charge is 2.08. The van der Waals surface area contributed by atoms with Gasteiger partial charge in [-0.3, -0.25) is 4.79 Å². The molecule has 6 nitrogen and oxygen atoms in total. The average Bonchev–Trinajstić information content (AvgIpc) is 2.93. The molecule has 2 aromatic rings. The zero-order chi connectivity index (χ0) is 14.4. The largest absolute Gasteiger partial charge is 0.493 e. The number of methoxy groups -OCH3 is 2. The maximum Gasteiger partial charge on any atom is 0.162 e. The summed E-state index contributed by atoms with van der Waals surface area (Å²) < 4.78 is 20.8. The second-order valence-electron chi connectivity index (χ2n) is 4.03. The first-order valence-corrected chi connectivity index (χ1v) is 5.96. The molecule has 0 atom stereocenters. The predicted octanol–water partition coefficient (Wildman–Crippen LogP) is 2.22. The standard InChI is InChI=1S/C14H15NO5/c1-17-9-12-6-11(15-20-12)8-19-13-4-3-10(7-16)5-14(13)18-2/h3-7H,8-9H2,1-2H3. The molecule has 1 aromatic heterocycles. The quantitative estimate of drug-likeness (QED) is 0.723. The molecule has 2 rings (SSSR count). The van der Waals surface area contributed by atoms with Crippen molar-refractivity contribution in [2.75, 3.05) is 14.2 Å². The molecule has 0 unspecified atom stereocenters. The molecule has 0 saturated heterocycles. The van der Waals surface area contributed by atoms with Crippen molar-refractivity contribution < 1.29 is 23.5 Å². The number of benzene rings is 1. The van der Waals surface area contributed by atoms with Gasteiger partial charge in [-0.2, -0.15) is 0 Å². The lowest BCUT2D eigenvalue weighted by atomic mass is 10.2. The molecular weight excluding hydrogens is 262 g/mol. The topological polar surface area (TPSA) is 70.8 Å². The number of hydrogen-bond acceptors (Lipinski definition) is 6. The number of carbonyl (C=O) groups excluding carboxylic acids is 1. The Morgan fingerprint density at radius 1 is 1.20 bits per heavy atom. The van der Waals surface area contributed by atoms with E-state index in [-0.39, 0.29) is 6.61 Å². The van der Waals surface area contributed by atoms with E-state index >= 15 is 0 Å². The molecule has 0 fully saturated rings. The number of ether oxygens (including phenoxy) is 3. The van der Waals surface area contributed by atoms with Gasteiger partial charge in [0, 0.05) is 18.7 Å². The third-order valence-electron chi connectivity index (χ3n) is 2.59. The van der Waals surface area contributed by atoms with Crippen LogP contribution in [0.4, 0.5) is 0 Å². The molecule has 20 heavy (non-hydrogen) atoms. The van der Waals surface area contributed by atoms with Crippen molar-refractivity contribution in [1.29, 1.82) is 0 Å². The van der Waals surface area contributed by atoms with Crippen molar-refractivity contribution in [2.45, 2.75) is 13.2 Å². The summed E-state index contributed by atoms with van der Waals surface area (Å²) in [7, 11) is 3.10. The lowest BCUT2D eigenvalue weighted by Crippen LogP contribution is -1.98. The van der Waals surface area contributed by atoms with Crippen LogP contribution in [0.15, 0.2) is 28.8 Å².